The van der Waals surface area contributed by atoms with Crippen molar-refractivity contribution in [3.63, 3.8) is 0 Å². The lowest BCUT2D eigenvalue weighted by Gasteiger charge is -2.30. The van der Waals surface area contributed by atoms with Crippen LogP contribution < -0.4 is 14.2 Å². The van der Waals surface area contributed by atoms with Crippen molar-refractivity contribution in [1.29, 1.82) is 0 Å². The number of benzene rings is 2. The summed E-state index contributed by atoms with van der Waals surface area (Å²) in [5.74, 6) is -0.145. The molecule has 3 rings (SSSR count). The van der Waals surface area contributed by atoms with Gasteiger partial charge in [0.25, 0.3) is 5.91 Å². The van der Waals surface area contributed by atoms with Crippen LogP contribution in [0.2, 0.25) is 0 Å². The molecule has 30 heavy (non-hydrogen) atoms. The molecule has 1 heterocycles. The normalized spacial score (nSPS) is 14.6. The van der Waals surface area contributed by atoms with Gasteiger partial charge in [0, 0.05) is 18.7 Å². The van der Waals surface area contributed by atoms with Crippen molar-refractivity contribution in [3.8, 4) is 17.2 Å². The van der Waals surface area contributed by atoms with E-state index in [1.807, 2.05) is 6.07 Å². The fraction of sp³-hybridized carbons (Fsp3) is 0.364. The minimum absolute atomic E-state index is 0.130. The van der Waals surface area contributed by atoms with Crippen LogP contribution in [0.1, 0.15) is 22.0 Å². The van der Waals surface area contributed by atoms with Crippen LogP contribution in [0.15, 0.2) is 42.5 Å². The minimum atomic E-state index is -1.09. The van der Waals surface area contributed by atoms with Crippen LogP contribution in [0.4, 0.5) is 0 Å². The maximum Gasteiger partial charge on any atom is 0.343 e. The van der Waals surface area contributed by atoms with E-state index in [2.05, 4.69) is 0 Å². The van der Waals surface area contributed by atoms with Crippen molar-refractivity contribution in [2.45, 2.75) is 6.10 Å². The molecule has 0 bridgehead atoms. The Hall–Kier alpha value is -3.26. The highest BCUT2D eigenvalue weighted by atomic mass is 16.6. The average Bonchev–Trinajstić information content (AvgIpc) is 2.81. The Labute approximate surface area is 175 Å². The van der Waals surface area contributed by atoms with Crippen molar-refractivity contribution >= 4 is 11.9 Å². The third-order valence-corrected chi connectivity index (χ3v) is 4.80. The molecule has 1 amide bonds. The van der Waals surface area contributed by atoms with Gasteiger partial charge in [-0.05, 0) is 12.1 Å². The van der Waals surface area contributed by atoms with Gasteiger partial charge in [-0.25, -0.2) is 4.79 Å². The van der Waals surface area contributed by atoms with E-state index in [0.29, 0.717) is 37.6 Å². The first-order chi connectivity index (χ1) is 14.6. The summed E-state index contributed by atoms with van der Waals surface area (Å²) in [6, 6.07) is 12.0. The molecular weight excluding hydrogens is 390 g/mol. The van der Waals surface area contributed by atoms with E-state index in [1.54, 1.807) is 35.2 Å². The number of rotatable bonds is 7. The summed E-state index contributed by atoms with van der Waals surface area (Å²) in [7, 11) is 4.35. The summed E-state index contributed by atoms with van der Waals surface area (Å²) in [6.07, 6.45) is -1.09. The number of amides is 1. The first-order valence-corrected chi connectivity index (χ1v) is 9.52. The van der Waals surface area contributed by atoms with Crippen LogP contribution in [0.25, 0.3) is 0 Å². The lowest BCUT2D eigenvalue weighted by molar-refractivity contribution is -0.145. The summed E-state index contributed by atoms with van der Waals surface area (Å²) in [5, 5.41) is 0. The Balaban J connectivity index is 1.93. The molecule has 8 nitrogen and oxygen atoms in total. The van der Waals surface area contributed by atoms with Crippen LogP contribution in [0.3, 0.4) is 0 Å². The molecule has 0 radical (unpaired) electrons. The van der Waals surface area contributed by atoms with Crippen LogP contribution >= 0.6 is 0 Å². The standard InChI is InChI=1S/C22H25NO7/c1-26-17-10-9-16(19(27-2)20(17)28-3)22(25)30-18(15-7-5-4-6-8-15)21(24)23-11-13-29-14-12-23/h4-10,18H,11-14H2,1-3H3/t18-/m1/s1. The second kappa shape index (κ2) is 9.98. The number of ether oxygens (including phenoxy) is 5. The Morgan fingerprint density at radius 3 is 2.17 bits per heavy atom. The molecule has 1 aliphatic heterocycles. The first-order valence-electron chi connectivity index (χ1n) is 9.52. The number of hydrogen-bond donors (Lipinski definition) is 0. The van der Waals surface area contributed by atoms with E-state index >= 15 is 0 Å². The molecule has 0 unspecified atom stereocenters. The average molecular weight is 415 g/mol. The largest absolute Gasteiger partial charge is 0.493 e. The number of nitrogens with zero attached hydrogens (tertiary/aromatic N) is 1. The van der Waals surface area contributed by atoms with E-state index in [-0.39, 0.29) is 23.0 Å². The van der Waals surface area contributed by atoms with Crippen molar-refractivity contribution in [2.75, 3.05) is 47.6 Å². The Morgan fingerprint density at radius 1 is 0.900 bits per heavy atom. The van der Waals surface area contributed by atoms with Gasteiger partial charge in [-0.3, -0.25) is 4.79 Å². The van der Waals surface area contributed by atoms with Gasteiger partial charge in [0.1, 0.15) is 5.56 Å². The number of carbonyl (C=O) groups excluding carboxylic acids is 2. The van der Waals surface area contributed by atoms with Gasteiger partial charge in [0.2, 0.25) is 11.9 Å². The monoisotopic (exact) mass is 415 g/mol. The molecule has 0 N–H and O–H groups in total. The molecule has 8 heteroatoms. The lowest BCUT2D eigenvalue weighted by Crippen LogP contribution is -2.44. The molecule has 0 aromatic heterocycles. The fourth-order valence-electron chi connectivity index (χ4n) is 3.27. The highest BCUT2D eigenvalue weighted by Gasteiger charge is 2.32. The molecule has 1 atom stereocenters. The SMILES string of the molecule is COc1ccc(C(=O)O[C@@H](C(=O)N2CCOCC2)c2ccccc2)c(OC)c1OC. The van der Waals surface area contributed by atoms with Gasteiger partial charge in [-0.1, -0.05) is 30.3 Å². The molecule has 2 aromatic carbocycles. The Bertz CT molecular complexity index is 879. The maximum atomic E-state index is 13.2. The van der Waals surface area contributed by atoms with Gasteiger partial charge < -0.3 is 28.6 Å². The predicted octanol–water partition coefficient (Wildman–Crippen LogP) is 2.47. The van der Waals surface area contributed by atoms with E-state index in [0.717, 1.165) is 0 Å². The van der Waals surface area contributed by atoms with Crippen molar-refractivity contribution in [1.82, 2.24) is 4.90 Å². The highest BCUT2D eigenvalue weighted by molar-refractivity contribution is 5.96. The number of hydrogen-bond acceptors (Lipinski definition) is 7. The molecule has 1 fully saturated rings. The summed E-state index contributed by atoms with van der Waals surface area (Å²) in [4.78, 5) is 27.9. The Kier molecular flexibility index (Phi) is 7.13. The fourth-order valence-corrected chi connectivity index (χ4v) is 3.27. The zero-order chi connectivity index (χ0) is 21.5. The second-order valence-corrected chi connectivity index (χ2v) is 6.52. The van der Waals surface area contributed by atoms with Gasteiger partial charge in [-0.2, -0.15) is 0 Å². The van der Waals surface area contributed by atoms with Gasteiger partial charge in [0.05, 0.1) is 34.5 Å². The quantitative estimate of drug-likeness (QED) is 0.643. The lowest BCUT2D eigenvalue weighted by atomic mass is 10.1. The first kappa shape index (κ1) is 21.4. The number of morpholine rings is 1. The van der Waals surface area contributed by atoms with Crippen molar-refractivity contribution < 1.29 is 33.3 Å². The molecule has 2 aromatic rings. The smallest absolute Gasteiger partial charge is 0.343 e. The molecule has 0 spiro atoms. The summed E-state index contributed by atoms with van der Waals surface area (Å²) >= 11 is 0. The zero-order valence-corrected chi connectivity index (χ0v) is 17.3. The molecule has 1 saturated heterocycles. The number of carbonyl (C=O) groups is 2. The highest BCUT2D eigenvalue weighted by Crippen LogP contribution is 2.40. The van der Waals surface area contributed by atoms with Gasteiger partial charge >= 0.3 is 5.97 Å². The van der Waals surface area contributed by atoms with Crippen molar-refractivity contribution in [3.05, 3.63) is 53.6 Å². The maximum absolute atomic E-state index is 13.2. The van der Waals surface area contributed by atoms with E-state index in [9.17, 15) is 9.59 Å². The van der Waals surface area contributed by atoms with E-state index in [1.165, 1.54) is 27.4 Å². The molecular formula is C22H25NO7. The van der Waals surface area contributed by atoms with Crippen LogP contribution in [0.5, 0.6) is 17.2 Å². The minimum Gasteiger partial charge on any atom is -0.493 e. The number of esters is 1. The third-order valence-electron chi connectivity index (χ3n) is 4.80. The van der Waals surface area contributed by atoms with Gasteiger partial charge in [-0.15, -0.1) is 0 Å². The van der Waals surface area contributed by atoms with Crippen molar-refractivity contribution in [2.24, 2.45) is 0 Å². The van der Waals surface area contributed by atoms with E-state index < -0.39 is 12.1 Å². The molecule has 1 aliphatic rings. The second-order valence-electron chi connectivity index (χ2n) is 6.52. The summed E-state index contributed by atoms with van der Waals surface area (Å²) in [6.45, 7) is 1.79. The topological polar surface area (TPSA) is 83.5 Å². The molecule has 160 valence electrons. The summed E-state index contributed by atoms with van der Waals surface area (Å²) < 4.78 is 27.0. The van der Waals surface area contributed by atoms with Gasteiger partial charge in [0.15, 0.2) is 11.5 Å². The number of methoxy groups -OCH3 is 3. The molecule has 0 saturated carbocycles. The summed E-state index contributed by atoms with van der Waals surface area (Å²) in [5.41, 5.74) is 0.715. The zero-order valence-electron chi connectivity index (χ0n) is 17.3. The predicted molar refractivity (Wildman–Crippen MR) is 108 cm³/mol. The Morgan fingerprint density at radius 2 is 1.57 bits per heavy atom. The van der Waals surface area contributed by atoms with E-state index in [4.69, 9.17) is 23.7 Å². The van der Waals surface area contributed by atoms with Crippen LogP contribution in [-0.4, -0.2) is 64.4 Å². The van der Waals surface area contributed by atoms with Crippen LogP contribution in [-0.2, 0) is 14.3 Å². The van der Waals surface area contributed by atoms with Crippen LogP contribution in [0, 0.1) is 0 Å². The molecule has 0 aliphatic carbocycles. The third kappa shape index (κ3) is 4.49.